The predicted octanol–water partition coefficient (Wildman–Crippen LogP) is 2.48. The molecule has 0 unspecified atom stereocenters. The number of nitrogen functional groups attached to an aromatic ring is 1. The summed E-state index contributed by atoms with van der Waals surface area (Å²) in [6.07, 6.45) is 1.61. The highest BCUT2D eigenvalue weighted by molar-refractivity contribution is 9.11. The van der Waals surface area contributed by atoms with E-state index >= 15 is 0 Å². The van der Waals surface area contributed by atoms with E-state index in [9.17, 15) is 0 Å². The number of nitrogens with one attached hydrogen (secondary N) is 1. The van der Waals surface area contributed by atoms with Crippen molar-refractivity contribution in [3.05, 3.63) is 22.1 Å². The van der Waals surface area contributed by atoms with Crippen molar-refractivity contribution in [2.75, 3.05) is 5.73 Å². The maximum Gasteiger partial charge on any atom is 0.0979 e. The van der Waals surface area contributed by atoms with E-state index in [0.29, 0.717) is 5.69 Å². The zero-order valence-electron chi connectivity index (χ0n) is 6.04. The SMILES string of the molecule is Nc1cn[nH]c1-c1ccc(Br)s1. The number of thiophene rings is 1. The fourth-order valence-electron chi connectivity index (χ4n) is 0.941. The van der Waals surface area contributed by atoms with Gasteiger partial charge in [-0.25, -0.2) is 0 Å². The molecular weight excluding hydrogens is 238 g/mol. The van der Waals surface area contributed by atoms with Crippen LogP contribution in [0.5, 0.6) is 0 Å². The molecule has 62 valence electrons. The van der Waals surface area contributed by atoms with Crippen LogP contribution < -0.4 is 5.73 Å². The molecule has 0 aromatic carbocycles. The van der Waals surface area contributed by atoms with Crippen LogP contribution in [0, 0.1) is 0 Å². The molecule has 0 aliphatic carbocycles. The molecule has 0 fully saturated rings. The highest BCUT2D eigenvalue weighted by atomic mass is 79.9. The molecule has 3 nitrogen and oxygen atoms in total. The molecule has 0 aliphatic heterocycles. The average Bonchev–Trinajstić information content (AvgIpc) is 2.58. The van der Waals surface area contributed by atoms with E-state index in [0.717, 1.165) is 14.4 Å². The maximum atomic E-state index is 5.68. The Morgan fingerprint density at radius 1 is 1.50 bits per heavy atom. The second kappa shape index (κ2) is 2.91. The first-order valence-electron chi connectivity index (χ1n) is 3.32. The number of nitrogens with zero attached hydrogens (tertiary/aromatic N) is 1. The molecule has 0 saturated carbocycles. The summed E-state index contributed by atoms with van der Waals surface area (Å²) >= 11 is 5.01. The Kier molecular flexibility index (Phi) is 1.90. The zero-order valence-corrected chi connectivity index (χ0v) is 8.45. The van der Waals surface area contributed by atoms with Crippen LogP contribution in [0.4, 0.5) is 5.69 Å². The lowest BCUT2D eigenvalue weighted by atomic mass is 10.3. The van der Waals surface area contributed by atoms with Gasteiger partial charge in [-0.2, -0.15) is 5.10 Å². The van der Waals surface area contributed by atoms with E-state index in [4.69, 9.17) is 5.73 Å². The number of aromatic amines is 1. The van der Waals surface area contributed by atoms with Gasteiger partial charge in [-0.3, -0.25) is 5.10 Å². The van der Waals surface area contributed by atoms with Crippen LogP contribution in [0.2, 0.25) is 0 Å². The number of H-pyrrole nitrogens is 1. The summed E-state index contributed by atoms with van der Waals surface area (Å²) < 4.78 is 1.09. The third-order valence-corrected chi connectivity index (χ3v) is 3.13. The summed E-state index contributed by atoms with van der Waals surface area (Å²) in [7, 11) is 0. The molecular formula is C7H6BrN3S. The Balaban J connectivity index is 2.50. The number of nitrogens with two attached hydrogens (primary N) is 1. The van der Waals surface area contributed by atoms with Crippen LogP contribution >= 0.6 is 27.3 Å². The van der Waals surface area contributed by atoms with E-state index in [1.54, 1.807) is 17.5 Å². The topological polar surface area (TPSA) is 54.7 Å². The lowest BCUT2D eigenvalue weighted by Gasteiger charge is -1.91. The Hall–Kier alpha value is -0.810. The average molecular weight is 244 g/mol. The third-order valence-electron chi connectivity index (χ3n) is 1.49. The summed E-state index contributed by atoms with van der Waals surface area (Å²) in [6, 6.07) is 3.99. The van der Waals surface area contributed by atoms with Crippen LogP contribution in [0.15, 0.2) is 22.1 Å². The van der Waals surface area contributed by atoms with Gasteiger partial charge in [0, 0.05) is 0 Å². The van der Waals surface area contributed by atoms with Crippen molar-refractivity contribution in [2.24, 2.45) is 0 Å². The summed E-state index contributed by atoms with van der Waals surface area (Å²) in [5.74, 6) is 0. The lowest BCUT2D eigenvalue weighted by molar-refractivity contribution is 1.10. The standard InChI is InChI=1S/C7H6BrN3S/c8-6-2-1-5(12-6)7-4(9)3-10-11-7/h1-3H,9H2,(H,10,11). The van der Waals surface area contributed by atoms with Crippen molar-refractivity contribution in [3.63, 3.8) is 0 Å². The number of hydrogen-bond donors (Lipinski definition) is 2. The van der Waals surface area contributed by atoms with Crippen LogP contribution in [0.3, 0.4) is 0 Å². The quantitative estimate of drug-likeness (QED) is 0.809. The molecule has 3 N–H and O–H groups in total. The van der Waals surface area contributed by atoms with E-state index in [1.807, 2.05) is 12.1 Å². The van der Waals surface area contributed by atoms with Crippen LogP contribution in [-0.4, -0.2) is 10.2 Å². The second-order valence-electron chi connectivity index (χ2n) is 2.30. The third kappa shape index (κ3) is 1.25. The van der Waals surface area contributed by atoms with E-state index in [-0.39, 0.29) is 0 Å². The van der Waals surface area contributed by atoms with Gasteiger partial charge in [-0.05, 0) is 28.1 Å². The van der Waals surface area contributed by atoms with Gasteiger partial charge in [0.05, 0.1) is 26.2 Å². The number of aromatic nitrogens is 2. The summed E-state index contributed by atoms with van der Waals surface area (Å²) in [5, 5.41) is 6.70. The van der Waals surface area contributed by atoms with Crippen molar-refractivity contribution in [2.45, 2.75) is 0 Å². The largest absolute Gasteiger partial charge is 0.396 e. The molecule has 0 amide bonds. The van der Waals surface area contributed by atoms with Gasteiger partial charge < -0.3 is 5.73 Å². The first kappa shape index (κ1) is 7.82. The second-order valence-corrected chi connectivity index (χ2v) is 4.77. The van der Waals surface area contributed by atoms with Gasteiger partial charge >= 0.3 is 0 Å². The van der Waals surface area contributed by atoms with Crippen molar-refractivity contribution < 1.29 is 0 Å². The summed E-state index contributed by atoms with van der Waals surface area (Å²) in [5.41, 5.74) is 7.26. The van der Waals surface area contributed by atoms with Crippen molar-refractivity contribution in [1.82, 2.24) is 10.2 Å². The lowest BCUT2D eigenvalue weighted by Crippen LogP contribution is -1.83. The number of anilines is 1. The first-order valence-corrected chi connectivity index (χ1v) is 4.93. The summed E-state index contributed by atoms with van der Waals surface area (Å²) in [6.45, 7) is 0. The fraction of sp³-hybridized carbons (Fsp3) is 0. The Bertz CT molecular complexity index is 393. The molecule has 2 aromatic rings. The molecule has 12 heavy (non-hydrogen) atoms. The summed E-state index contributed by atoms with van der Waals surface area (Å²) in [4.78, 5) is 1.09. The van der Waals surface area contributed by atoms with E-state index in [1.165, 1.54) is 0 Å². The van der Waals surface area contributed by atoms with Gasteiger partial charge in [0.15, 0.2) is 0 Å². The first-order chi connectivity index (χ1) is 5.77. The highest BCUT2D eigenvalue weighted by Gasteiger charge is 2.06. The predicted molar refractivity (Wildman–Crippen MR) is 54.0 cm³/mol. The molecule has 2 heterocycles. The minimum atomic E-state index is 0.685. The zero-order chi connectivity index (χ0) is 8.55. The number of halogens is 1. The van der Waals surface area contributed by atoms with Crippen molar-refractivity contribution >= 4 is 33.0 Å². The Labute approximate surface area is 81.7 Å². The van der Waals surface area contributed by atoms with E-state index in [2.05, 4.69) is 26.1 Å². The van der Waals surface area contributed by atoms with Gasteiger partial charge in [0.25, 0.3) is 0 Å². The molecule has 2 rings (SSSR count). The number of rotatable bonds is 1. The minimum absolute atomic E-state index is 0.685. The molecule has 0 aliphatic rings. The monoisotopic (exact) mass is 243 g/mol. The smallest absolute Gasteiger partial charge is 0.0979 e. The maximum absolute atomic E-state index is 5.68. The molecule has 5 heteroatoms. The molecule has 0 atom stereocenters. The van der Waals surface area contributed by atoms with Gasteiger partial charge in [-0.15, -0.1) is 11.3 Å². The minimum Gasteiger partial charge on any atom is -0.396 e. The van der Waals surface area contributed by atoms with Crippen molar-refractivity contribution in [1.29, 1.82) is 0 Å². The molecule has 0 spiro atoms. The Morgan fingerprint density at radius 3 is 2.83 bits per heavy atom. The Morgan fingerprint density at radius 2 is 2.33 bits per heavy atom. The normalized spacial score (nSPS) is 10.4. The molecule has 2 aromatic heterocycles. The van der Waals surface area contributed by atoms with Gasteiger partial charge in [-0.1, -0.05) is 0 Å². The van der Waals surface area contributed by atoms with Crippen LogP contribution in [0.25, 0.3) is 10.6 Å². The highest BCUT2D eigenvalue weighted by Crippen LogP contribution is 2.32. The van der Waals surface area contributed by atoms with Crippen LogP contribution in [-0.2, 0) is 0 Å². The molecule has 0 saturated heterocycles. The van der Waals surface area contributed by atoms with Crippen LogP contribution in [0.1, 0.15) is 0 Å². The van der Waals surface area contributed by atoms with E-state index < -0.39 is 0 Å². The van der Waals surface area contributed by atoms with Crippen molar-refractivity contribution in [3.8, 4) is 10.6 Å². The molecule has 0 radical (unpaired) electrons. The fourth-order valence-corrected chi connectivity index (χ4v) is 2.34. The number of hydrogen-bond acceptors (Lipinski definition) is 3. The molecule has 0 bridgehead atoms. The van der Waals surface area contributed by atoms with Gasteiger partial charge in [0.1, 0.15) is 0 Å². The van der Waals surface area contributed by atoms with Gasteiger partial charge in [0.2, 0.25) is 0 Å².